The molecule has 0 radical (unpaired) electrons. The van der Waals surface area contributed by atoms with Crippen LogP contribution in [0, 0.1) is 0 Å². The van der Waals surface area contributed by atoms with Gasteiger partial charge >= 0.3 is 6.03 Å². The van der Waals surface area contributed by atoms with Gasteiger partial charge in [0.05, 0.1) is 0 Å². The van der Waals surface area contributed by atoms with Gasteiger partial charge in [-0.3, -0.25) is 4.90 Å². The van der Waals surface area contributed by atoms with E-state index in [0.29, 0.717) is 12.1 Å². The molecule has 2 aliphatic heterocycles. The highest BCUT2D eigenvalue weighted by Gasteiger charge is 2.30. The summed E-state index contributed by atoms with van der Waals surface area (Å²) in [6.07, 6.45) is 10.2. The van der Waals surface area contributed by atoms with Gasteiger partial charge in [0.1, 0.15) is 0 Å². The van der Waals surface area contributed by atoms with Gasteiger partial charge in [-0.1, -0.05) is 12.8 Å². The molecule has 0 aromatic heterocycles. The van der Waals surface area contributed by atoms with E-state index in [1.165, 1.54) is 64.5 Å². The fraction of sp³-hybridized carbons (Fsp3) is 0.933. The molecule has 2 saturated heterocycles. The molecule has 0 aromatic carbocycles. The molecule has 3 fully saturated rings. The lowest BCUT2D eigenvalue weighted by Gasteiger charge is -2.39. The zero-order valence-electron chi connectivity index (χ0n) is 11.9. The highest BCUT2D eigenvalue weighted by atomic mass is 16.2. The minimum absolute atomic E-state index is 0.182. The number of amides is 2. The van der Waals surface area contributed by atoms with E-state index in [9.17, 15) is 4.79 Å². The number of rotatable bonds is 2. The standard InChI is InChI=1S/C15H27N3O/c19-15(16-13-7-8-13)18-11-5-6-14(12-18)17-9-3-1-2-4-10-17/h13-14H,1-12H2,(H,16,19). The molecule has 0 bridgehead atoms. The van der Waals surface area contributed by atoms with Crippen molar-refractivity contribution in [2.24, 2.45) is 0 Å². The molecule has 3 rings (SSSR count). The van der Waals surface area contributed by atoms with Crippen LogP contribution in [0.3, 0.4) is 0 Å². The Hall–Kier alpha value is -0.770. The first-order valence-corrected chi connectivity index (χ1v) is 8.12. The average Bonchev–Trinajstić information content (AvgIpc) is 3.25. The Morgan fingerprint density at radius 1 is 0.895 bits per heavy atom. The van der Waals surface area contributed by atoms with Crippen LogP contribution in [0.4, 0.5) is 4.79 Å². The first-order chi connectivity index (χ1) is 9.33. The van der Waals surface area contributed by atoms with Crippen LogP contribution >= 0.6 is 0 Å². The van der Waals surface area contributed by atoms with Gasteiger partial charge in [-0.2, -0.15) is 0 Å². The van der Waals surface area contributed by atoms with Crippen LogP contribution in [-0.4, -0.2) is 54.1 Å². The third-order valence-electron chi connectivity index (χ3n) is 4.75. The van der Waals surface area contributed by atoms with Crippen molar-refractivity contribution in [3.8, 4) is 0 Å². The molecule has 1 atom stereocenters. The molecular weight excluding hydrogens is 238 g/mol. The van der Waals surface area contributed by atoms with Crippen molar-refractivity contribution < 1.29 is 4.79 Å². The largest absolute Gasteiger partial charge is 0.335 e. The Morgan fingerprint density at radius 3 is 2.32 bits per heavy atom. The SMILES string of the molecule is O=C(NC1CC1)N1CCCC(N2CCCCCC2)C1. The number of nitrogens with zero attached hydrogens (tertiary/aromatic N) is 2. The number of carbonyl (C=O) groups excluding carboxylic acids is 1. The fourth-order valence-electron chi connectivity index (χ4n) is 3.39. The van der Waals surface area contributed by atoms with Crippen molar-refractivity contribution in [3.05, 3.63) is 0 Å². The number of hydrogen-bond acceptors (Lipinski definition) is 2. The van der Waals surface area contributed by atoms with Crippen molar-refractivity contribution in [1.29, 1.82) is 0 Å². The molecule has 108 valence electrons. The van der Waals surface area contributed by atoms with Crippen molar-refractivity contribution in [1.82, 2.24) is 15.1 Å². The van der Waals surface area contributed by atoms with E-state index in [2.05, 4.69) is 15.1 Å². The van der Waals surface area contributed by atoms with Crippen LogP contribution in [0.2, 0.25) is 0 Å². The second-order valence-electron chi connectivity index (χ2n) is 6.42. The van der Waals surface area contributed by atoms with Crippen molar-refractivity contribution >= 4 is 6.03 Å². The molecule has 1 saturated carbocycles. The molecule has 1 unspecified atom stereocenters. The Bertz CT molecular complexity index is 309. The maximum atomic E-state index is 12.1. The van der Waals surface area contributed by atoms with E-state index in [0.717, 1.165) is 13.1 Å². The van der Waals surface area contributed by atoms with Crippen LogP contribution in [0.15, 0.2) is 0 Å². The van der Waals surface area contributed by atoms with Crippen LogP contribution in [-0.2, 0) is 0 Å². The van der Waals surface area contributed by atoms with E-state index >= 15 is 0 Å². The summed E-state index contributed by atoms with van der Waals surface area (Å²) in [6.45, 7) is 4.37. The van der Waals surface area contributed by atoms with Gasteiger partial charge in [0, 0.05) is 25.2 Å². The maximum Gasteiger partial charge on any atom is 0.317 e. The van der Waals surface area contributed by atoms with Crippen molar-refractivity contribution in [3.63, 3.8) is 0 Å². The quantitative estimate of drug-likeness (QED) is 0.831. The molecule has 0 spiro atoms. The fourth-order valence-corrected chi connectivity index (χ4v) is 3.39. The Kier molecular flexibility index (Phi) is 4.26. The summed E-state index contributed by atoms with van der Waals surface area (Å²) in [4.78, 5) is 16.8. The van der Waals surface area contributed by atoms with Gasteiger partial charge in [-0.05, 0) is 51.6 Å². The lowest BCUT2D eigenvalue weighted by molar-refractivity contribution is 0.111. The summed E-state index contributed by atoms with van der Waals surface area (Å²) < 4.78 is 0. The van der Waals surface area contributed by atoms with Crippen LogP contribution in [0.5, 0.6) is 0 Å². The summed E-state index contributed by atoms with van der Waals surface area (Å²) in [6, 6.07) is 1.27. The van der Waals surface area contributed by atoms with Gasteiger partial charge in [0.2, 0.25) is 0 Å². The van der Waals surface area contributed by atoms with E-state index in [1.54, 1.807) is 0 Å². The summed E-state index contributed by atoms with van der Waals surface area (Å²) in [7, 11) is 0. The number of carbonyl (C=O) groups is 1. The summed E-state index contributed by atoms with van der Waals surface area (Å²) in [5.74, 6) is 0. The van der Waals surface area contributed by atoms with Crippen molar-refractivity contribution in [2.75, 3.05) is 26.2 Å². The van der Waals surface area contributed by atoms with Gasteiger partial charge in [0.25, 0.3) is 0 Å². The number of likely N-dealkylation sites (tertiary alicyclic amines) is 2. The molecule has 1 N–H and O–H groups in total. The summed E-state index contributed by atoms with van der Waals surface area (Å²) >= 11 is 0. The van der Waals surface area contributed by atoms with Gasteiger partial charge < -0.3 is 10.2 Å². The molecule has 4 heteroatoms. The Balaban J connectivity index is 1.52. The van der Waals surface area contributed by atoms with Gasteiger partial charge in [-0.25, -0.2) is 4.79 Å². The molecule has 19 heavy (non-hydrogen) atoms. The van der Waals surface area contributed by atoms with E-state index in [4.69, 9.17) is 0 Å². The Labute approximate surface area is 116 Å². The first kappa shape index (κ1) is 13.2. The zero-order valence-corrected chi connectivity index (χ0v) is 11.9. The summed E-state index contributed by atoms with van der Waals surface area (Å²) in [5, 5.41) is 3.13. The lowest BCUT2D eigenvalue weighted by Crippen LogP contribution is -2.52. The number of nitrogens with one attached hydrogen (secondary N) is 1. The third kappa shape index (κ3) is 3.62. The Morgan fingerprint density at radius 2 is 1.63 bits per heavy atom. The van der Waals surface area contributed by atoms with E-state index < -0.39 is 0 Å². The minimum atomic E-state index is 0.182. The van der Waals surface area contributed by atoms with Crippen LogP contribution < -0.4 is 5.32 Å². The normalized spacial score (nSPS) is 29.9. The molecule has 3 aliphatic rings. The highest BCUT2D eigenvalue weighted by Crippen LogP contribution is 2.22. The highest BCUT2D eigenvalue weighted by molar-refractivity contribution is 5.75. The topological polar surface area (TPSA) is 35.6 Å². The predicted molar refractivity (Wildman–Crippen MR) is 76.2 cm³/mol. The molecule has 1 aliphatic carbocycles. The second kappa shape index (κ2) is 6.12. The number of hydrogen-bond donors (Lipinski definition) is 1. The number of piperidine rings is 1. The number of urea groups is 1. The third-order valence-corrected chi connectivity index (χ3v) is 4.75. The molecular formula is C15H27N3O. The molecule has 2 heterocycles. The zero-order chi connectivity index (χ0) is 13.1. The summed E-state index contributed by atoms with van der Waals surface area (Å²) in [5.41, 5.74) is 0. The average molecular weight is 265 g/mol. The van der Waals surface area contributed by atoms with Gasteiger partial charge in [0.15, 0.2) is 0 Å². The van der Waals surface area contributed by atoms with E-state index in [1.807, 2.05) is 0 Å². The molecule has 4 nitrogen and oxygen atoms in total. The van der Waals surface area contributed by atoms with Crippen LogP contribution in [0.1, 0.15) is 51.4 Å². The van der Waals surface area contributed by atoms with Crippen LogP contribution in [0.25, 0.3) is 0 Å². The second-order valence-corrected chi connectivity index (χ2v) is 6.42. The van der Waals surface area contributed by atoms with Gasteiger partial charge in [-0.15, -0.1) is 0 Å². The monoisotopic (exact) mass is 265 g/mol. The lowest BCUT2D eigenvalue weighted by atomic mass is 10.0. The van der Waals surface area contributed by atoms with Crippen molar-refractivity contribution in [2.45, 2.75) is 63.5 Å². The minimum Gasteiger partial charge on any atom is -0.335 e. The maximum absolute atomic E-state index is 12.1. The van der Waals surface area contributed by atoms with E-state index in [-0.39, 0.29) is 6.03 Å². The smallest absolute Gasteiger partial charge is 0.317 e. The molecule has 0 aromatic rings. The first-order valence-electron chi connectivity index (χ1n) is 8.12. The predicted octanol–water partition coefficient (Wildman–Crippen LogP) is 2.20. The molecule has 2 amide bonds.